The third-order valence-electron chi connectivity index (χ3n) is 2.95. The molecule has 2 aromatic carbocycles. The summed E-state index contributed by atoms with van der Waals surface area (Å²) in [5.74, 6) is -0.385. The Labute approximate surface area is 111 Å². The first-order chi connectivity index (χ1) is 9.20. The van der Waals surface area contributed by atoms with E-state index < -0.39 is 12.1 Å². The van der Waals surface area contributed by atoms with E-state index in [1.807, 2.05) is 36.4 Å². The van der Waals surface area contributed by atoms with E-state index in [0.717, 1.165) is 10.8 Å². The van der Waals surface area contributed by atoms with Crippen molar-refractivity contribution in [2.75, 3.05) is 6.54 Å². The van der Waals surface area contributed by atoms with Crippen molar-refractivity contribution in [3.63, 3.8) is 0 Å². The highest BCUT2D eigenvalue weighted by Gasteiger charge is 2.18. The number of carboxylic acids is 1. The minimum Gasteiger partial charge on any atom is -0.479 e. The molecule has 19 heavy (non-hydrogen) atoms. The van der Waals surface area contributed by atoms with Crippen LogP contribution in [0.2, 0.25) is 0 Å². The van der Waals surface area contributed by atoms with Gasteiger partial charge in [0, 0.05) is 0 Å². The van der Waals surface area contributed by atoms with Crippen molar-refractivity contribution in [2.24, 2.45) is 5.73 Å². The van der Waals surface area contributed by atoms with Gasteiger partial charge in [-0.15, -0.1) is 0 Å². The Morgan fingerprint density at radius 2 is 1.95 bits per heavy atom. The van der Waals surface area contributed by atoms with Crippen molar-refractivity contribution in [3.8, 4) is 5.75 Å². The summed E-state index contributed by atoms with van der Waals surface area (Å²) in [6.07, 6.45) is 0.202. The molecule has 2 rings (SSSR count). The number of benzene rings is 2. The van der Waals surface area contributed by atoms with Crippen LogP contribution in [0.15, 0.2) is 42.5 Å². The maximum absolute atomic E-state index is 11.1. The Kier molecular flexibility index (Phi) is 4.36. The zero-order valence-corrected chi connectivity index (χ0v) is 10.6. The Hall–Kier alpha value is -2.07. The number of rotatable bonds is 6. The first kappa shape index (κ1) is 13.4. The van der Waals surface area contributed by atoms with Gasteiger partial charge in [0.2, 0.25) is 0 Å². The molecule has 100 valence electrons. The maximum atomic E-state index is 11.1. The molecular weight excluding hydrogens is 242 g/mol. The Morgan fingerprint density at radius 3 is 2.63 bits per heavy atom. The summed E-state index contributed by atoms with van der Waals surface area (Å²) >= 11 is 0. The zero-order chi connectivity index (χ0) is 13.7. The van der Waals surface area contributed by atoms with E-state index in [-0.39, 0.29) is 0 Å². The van der Waals surface area contributed by atoms with Crippen molar-refractivity contribution in [2.45, 2.75) is 18.9 Å². The molecule has 4 heteroatoms. The standard InChI is InChI=1S/C15H17NO3/c16-9-3-6-14(15(17)18)19-13-8-7-11-4-1-2-5-12(11)10-13/h1-2,4-5,7-8,10,14H,3,6,9,16H2,(H,17,18). The van der Waals surface area contributed by atoms with Crippen molar-refractivity contribution in [3.05, 3.63) is 42.5 Å². The van der Waals surface area contributed by atoms with Gasteiger partial charge in [0.05, 0.1) is 0 Å². The van der Waals surface area contributed by atoms with E-state index in [4.69, 9.17) is 15.6 Å². The lowest BCUT2D eigenvalue weighted by Crippen LogP contribution is -2.27. The number of hydrogen-bond donors (Lipinski definition) is 2. The SMILES string of the molecule is NCCCC(Oc1ccc2ccccc2c1)C(=O)O. The van der Waals surface area contributed by atoms with Gasteiger partial charge >= 0.3 is 5.97 Å². The summed E-state index contributed by atoms with van der Waals surface area (Å²) in [7, 11) is 0. The summed E-state index contributed by atoms with van der Waals surface area (Å²) < 4.78 is 5.53. The quantitative estimate of drug-likeness (QED) is 0.835. The molecule has 4 nitrogen and oxygen atoms in total. The van der Waals surface area contributed by atoms with Crippen LogP contribution in [0.1, 0.15) is 12.8 Å². The van der Waals surface area contributed by atoms with Crippen LogP contribution in [-0.4, -0.2) is 23.7 Å². The number of carboxylic acid groups (broad SMARTS) is 1. The second-order valence-corrected chi connectivity index (χ2v) is 4.38. The number of hydrogen-bond acceptors (Lipinski definition) is 3. The maximum Gasteiger partial charge on any atom is 0.344 e. The normalized spacial score (nSPS) is 12.3. The number of ether oxygens (including phenoxy) is 1. The first-order valence-corrected chi connectivity index (χ1v) is 6.29. The fourth-order valence-corrected chi connectivity index (χ4v) is 1.94. The summed E-state index contributed by atoms with van der Waals surface area (Å²) in [5.41, 5.74) is 5.40. The van der Waals surface area contributed by atoms with Gasteiger partial charge in [-0.2, -0.15) is 0 Å². The molecule has 0 radical (unpaired) electrons. The van der Waals surface area contributed by atoms with E-state index in [2.05, 4.69) is 0 Å². The third kappa shape index (κ3) is 3.45. The fourth-order valence-electron chi connectivity index (χ4n) is 1.94. The highest BCUT2D eigenvalue weighted by atomic mass is 16.5. The van der Waals surface area contributed by atoms with Crippen LogP contribution in [0, 0.1) is 0 Å². The van der Waals surface area contributed by atoms with E-state index in [1.165, 1.54) is 0 Å². The summed E-state index contributed by atoms with van der Waals surface area (Å²) in [6.45, 7) is 0.463. The van der Waals surface area contributed by atoms with Crippen molar-refractivity contribution >= 4 is 16.7 Å². The smallest absolute Gasteiger partial charge is 0.344 e. The highest BCUT2D eigenvalue weighted by Crippen LogP contribution is 2.22. The number of carbonyl (C=O) groups is 1. The Morgan fingerprint density at radius 1 is 1.21 bits per heavy atom. The van der Waals surface area contributed by atoms with Gasteiger partial charge in [0.25, 0.3) is 0 Å². The summed E-state index contributed by atoms with van der Waals surface area (Å²) in [6, 6.07) is 13.4. The third-order valence-corrected chi connectivity index (χ3v) is 2.95. The number of nitrogens with two attached hydrogens (primary N) is 1. The molecule has 0 fully saturated rings. The first-order valence-electron chi connectivity index (χ1n) is 6.29. The average molecular weight is 259 g/mol. The molecule has 0 aliphatic carbocycles. The molecule has 0 heterocycles. The molecule has 0 amide bonds. The van der Waals surface area contributed by atoms with Crippen LogP contribution < -0.4 is 10.5 Å². The molecule has 0 aliphatic rings. The molecule has 0 aromatic heterocycles. The monoisotopic (exact) mass is 259 g/mol. The topological polar surface area (TPSA) is 72.5 Å². The minimum atomic E-state index is -0.957. The summed E-state index contributed by atoms with van der Waals surface area (Å²) in [4.78, 5) is 11.1. The molecule has 0 saturated heterocycles. The molecule has 1 atom stereocenters. The van der Waals surface area contributed by atoms with Gasteiger partial charge < -0.3 is 15.6 Å². The van der Waals surface area contributed by atoms with Crippen LogP contribution in [0.5, 0.6) is 5.75 Å². The predicted octanol–water partition coefficient (Wildman–Crippen LogP) is 2.41. The average Bonchev–Trinajstić information content (AvgIpc) is 2.43. The largest absolute Gasteiger partial charge is 0.479 e. The molecule has 0 spiro atoms. The number of aliphatic carboxylic acids is 1. The van der Waals surface area contributed by atoms with Crippen LogP contribution in [0.3, 0.4) is 0 Å². The van der Waals surface area contributed by atoms with E-state index in [9.17, 15) is 4.79 Å². The molecular formula is C15H17NO3. The minimum absolute atomic E-state index is 0.415. The van der Waals surface area contributed by atoms with Gasteiger partial charge in [-0.05, 0) is 42.3 Å². The Balaban J connectivity index is 2.16. The zero-order valence-electron chi connectivity index (χ0n) is 10.6. The Bertz CT molecular complexity index is 568. The molecule has 0 bridgehead atoms. The lowest BCUT2D eigenvalue weighted by molar-refractivity contribution is -0.145. The van der Waals surface area contributed by atoms with Crippen LogP contribution in [0.4, 0.5) is 0 Å². The van der Waals surface area contributed by atoms with Gasteiger partial charge in [0.15, 0.2) is 6.10 Å². The van der Waals surface area contributed by atoms with Crippen LogP contribution >= 0.6 is 0 Å². The molecule has 0 saturated carbocycles. The van der Waals surface area contributed by atoms with Crippen molar-refractivity contribution in [1.82, 2.24) is 0 Å². The predicted molar refractivity (Wildman–Crippen MR) is 74.3 cm³/mol. The van der Waals surface area contributed by atoms with E-state index >= 15 is 0 Å². The fraction of sp³-hybridized carbons (Fsp3) is 0.267. The lowest BCUT2D eigenvalue weighted by Gasteiger charge is -2.15. The number of fused-ring (bicyclic) bond motifs is 1. The van der Waals surface area contributed by atoms with Crippen LogP contribution in [0.25, 0.3) is 10.8 Å². The van der Waals surface area contributed by atoms with Crippen LogP contribution in [-0.2, 0) is 4.79 Å². The lowest BCUT2D eigenvalue weighted by atomic mass is 10.1. The summed E-state index contributed by atoms with van der Waals surface area (Å²) in [5, 5.41) is 11.2. The van der Waals surface area contributed by atoms with Crippen molar-refractivity contribution in [1.29, 1.82) is 0 Å². The second-order valence-electron chi connectivity index (χ2n) is 4.38. The van der Waals surface area contributed by atoms with Gasteiger partial charge in [0.1, 0.15) is 5.75 Å². The van der Waals surface area contributed by atoms with E-state index in [0.29, 0.717) is 25.1 Å². The van der Waals surface area contributed by atoms with E-state index in [1.54, 1.807) is 6.07 Å². The second kappa shape index (κ2) is 6.20. The van der Waals surface area contributed by atoms with Gasteiger partial charge in [-0.25, -0.2) is 4.79 Å². The van der Waals surface area contributed by atoms with Crippen molar-refractivity contribution < 1.29 is 14.6 Å². The molecule has 0 aliphatic heterocycles. The molecule has 1 unspecified atom stereocenters. The molecule has 3 N–H and O–H groups in total. The molecule has 2 aromatic rings. The van der Waals surface area contributed by atoms with Gasteiger partial charge in [-0.3, -0.25) is 0 Å². The van der Waals surface area contributed by atoms with Gasteiger partial charge in [-0.1, -0.05) is 30.3 Å². The highest BCUT2D eigenvalue weighted by molar-refractivity contribution is 5.83.